The number of nitrogens with zero attached hydrogens (tertiary/aromatic N) is 4. The van der Waals surface area contributed by atoms with E-state index in [1.54, 1.807) is 10.7 Å². The average molecular weight is 394 g/mol. The van der Waals surface area contributed by atoms with Crippen LogP contribution in [-0.4, -0.2) is 25.5 Å². The van der Waals surface area contributed by atoms with Crippen molar-refractivity contribution in [1.82, 2.24) is 24.9 Å². The summed E-state index contributed by atoms with van der Waals surface area (Å²) in [6.45, 7) is 11.0. The molecule has 3 aromatic rings. The van der Waals surface area contributed by atoms with Crippen LogP contribution >= 0.6 is 0 Å². The van der Waals surface area contributed by atoms with Crippen molar-refractivity contribution in [3.8, 4) is 0 Å². The van der Waals surface area contributed by atoms with Gasteiger partial charge in [0.15, 0.2) is 0 Å². The van der Waals surface area contributed by atoms with Gasteiger partial charge in [-0.2, -0.15) is 10.2 Å². The van der Waals surface area contributed by atoms with Crippen molar-refractivity contribution in [2.45, 2.75) is 66.1 Å². The lowest BCUT2D eigenvalue weighted by atomic mass is 9.95. The molecular formula is C23H31N5O. The van der Waals surface area contributed by atoms with Crippen LogP contribution in [0.25, 0.3) is 0 Å². The van der Waals surface area contributed by atoms with Crippen molar-refractivity contribution in [2.24, 2.45) is 0 Å². The van der Waals surface area contributed by atoms with E-state index in [9.17, 15) is 4.79 Å². The first-order valence-electron chi connectivity index (χ1n) is 10.4. The molecule has 0 aliphatic rings. The van der Waals surface area contributed by atoms with E-state index in [0.29, 0.717) is 18.3 Å². The van der Waals surface area contributed by atoms with Crippen LogP contribution < -0.4 is 5.32 Å². The molecule has 0 radical (unpaired) electrons. The molecule has 3 rings (SSSR count). The largest absolute Gasteiger partial charge is 0.344 e. The maximum absolute atomic E-state index is 12.7. The Bertz CT molecular complexity index is 954. The predicted octanol–water partition coefficient (Wildman–Crippen LogP) is 4.60. The van der Waals surface area contributed by atoms with Gasteiger partial charge in [0.1, 0.15) is 12.4 Å². The van der Waals surface area contributed by atoms with Gasteiger partial charge in [0.2, 0.25) is 0 Å². The third kappa shape index (κ3) is 4.94. The van der Waals surface area contributed by atoms with Crippen molar-refractivity contribution in [3.05, 3.63) is 70.8 Å². The van der Waals surface area contributed by atoms with Crippen molar-refractivity contribution in [3.63, 3.8) is 0 Å². The summed E-state index contributed by atoms with van der Waals surface area (Å²) in [5.74, 6) is 0.389. The highest BCUT2D eigenvalue weighted by Gasteiger charge is 2.17. The van der Waals surface area contributed by atoms with Gasteiger partial charge in [0.05, 0.1) is 11.7 Å². The van der Waals surface area contributed by atoms with E-state index < -0.39 is 0 Å². The molecule has 0 aliphatic carbocycles. The zero-order valence-corrected chi connectivity index (χ0v) is 18.0. The molecule has 6 nitrogen and oxygen atoms in total. The highest BCUT2D eigenvalue weighted by atomic mass is 16.2. The SMILES string of the molecule is CCC(C)c1ccc(C(CC)NC(=O)c2ccn(Cn3nc(C)cc3C)n2)cc1. The zero-order valence-electron chi connectivity index (χ0n) is 18.0. The van der Waals surface area contributed by atoms with Crippen LogP contribution in [0.4, 0.5) is 0 Å². The Morgan fingerprint density at radius 3 is 2.31 bits per heavy atom. The number of nitrogens with one attached hydrogen (secondary N) is 1. The molecule has 0 aliphatic heterocycles. The van der Waals surface area contributed by atoms with Crippen LogP contribution in [-0.2, 0) is 6.67 Å². The first-order valence-corrected chi connectivity index (χ1v) is 10.4. The third-order valence-corrected chi connectivity index (χ3v) is 5.49. The first-order chi connectivity index (χ1) is 13.9. The Balaban J connectivity index is 1.67. The average Bonchev–Trinajstić information content (AvgIpc) is 3.31. The number of aryl methyl sites for hydroxylation is 2. The van der Waals surface area contributed by atoms with Gasteiger partial charge >= 0.3 is 0 Å². The van der Waals surface area contributed by atoms with Crippen LogP contribution in [0.15, 0.2) is 42.6 Å². The topological polar surface area (TPSA) is 64.7 Å². The zero-order chi connectivity index (χ0) is 21.0. The van der Waals surface area contributed by atoms with Gasteiger partial charge in [-0.15, -0.1) is 0 Å². The van der Waals surface area contributed by atoms with Gasteiger partial charge in [-0.05, 0) is 55.9 Å². The smallest absolute Gasteiger partial charge is 0.272 e. The van der Waals surface area contributed by atoms with Crippen LogP contribution in [0.3, 0.4) is 0 Å². The van der Waals surface area contributed by atoms with E-state index >= 15 is 0 Å². The van der Waals surface area contributed by atoms with Crippen LogP contribution in [0.5, 0.6) is 0 Å². The molecule has 2 unspecified atom stereocenters. The molecule has 0 bridgehead atoms. The Morgan fingerprint density at radius 2 is 1.72 bits per heavy atom. The number of aromatic nitrogens is 4. The number of carbonyl (C=O) groups is 1. The maximum Gasteiger partial charge on any atom is 0.272 e. The van der Waals surface area contributed by atoms with E-state index in [4.69, 9.17) is 0 Å². The monoisotopic (exact) mass is 393 g/mol. The molecule has 29 heavy (non-hydrogen) atoms. The quantitative estimate of drug-likeness (QED) is 0.608. The highest BCUT2D eigenvalue weighted by Crippen LogP contribution is 2.23. The van der Waals surface area contributed by atoms with Crippen molar-refractivity contribution >= 4 is 5.91 Å². The van der Waals surface area contributed by atoms with E-state index in [-0.39, 0.29) is 11.9 Å². The molecule has 154 valence electrons. The summed E-state index contributed by atoms with van der Waals surface area (Å²) in [6, 6.07) is 12.3. The third-order valence-electron chi connectivity index (χ3n) is 5.49. The summed E-state index contributed by atoms with van der Waals surface area (Å²) in [4.78, 5) is 12.7. The summed E-state index contributed by atoms with van der Waals surface area (Å²) in [5, 5.41) is 12.0. The molecule has 2 heterocycles. The summed E-state index contributed by atoms with van der Waals surface area (Å²) in [6.07, 6.45) is 3.75. The van der Waals surface area contributed by atoms with Gasteiger partial charge in [-0.3, -0.25) is 9.48 Å². The minimum absolute atomic E-state index is 0.0327. The fourth-order valence-electron chi connectivity index (χ4n) is 3.46. The van der Waals surface area contributed by atoms with Gasteiger partial charge < -0.3 is 5.32 Å². The second kappa shape index (κ2) is 9.07. The minimum atomic E-state index is -0.157. The fraction of sp³-hybridized carbons (Fsp3) is 0.435. The normalized spacial score (nSPS) is 13.3. The van der Waals surface area contributed by atoms with E-state index in [0.717, 1.165) is 29.8 Å². The highest BCUT2D eigenvalue weighted by molar-refractivity contribution is 5.92. The Hall–Kier alpha value is -2.89. The van der Waals surface area contributed by atoms with Crippen LogP contribution in [0.2, 0.25) is 0 Å². The van der Waals surface area contributed by atoms with Crippen molar-refractivity contribution in [2.75, 3.05) is 0 Å². The number of amides is 1. The predicted molar refractivity (Wildman–Crippen MR) is 115 cm³/mol. The number of hydrogen-bond donors (Lipinski definition) is 1. The fourth-order valence-corrected chi connectivity index (χ4v) is 3.46. The van der Waals surface area contributed by atoms with Crippen LogP contribution in [0.1, 0.15) is 78.6 Å². The van der Waals surface area contributed by atoms with Gasteiger partial charge in [-0.1, -0.05) is 45.0 Å². The number of hydrogen-bond acceptors (Lipinski definition) is 3. The lowest BCUT2D eigenvalue weighted by Gasteiger charge is -2.18. The molecule has 1 aromatic carbocycles. The lowest BCUT2D eigenvalue weighted by Crippen LogP contribution is -2.28. The Kier molecular flexibility index (Phi) is 6.52. The van der Waals surface area contributed by atoms with E-state index in [1.807, 2.05) is 30.8 Å². The molecule has 0 fully saturated rings. The maximum atomic E-state index is 12.7. The molecular weight excluding hydrogens is 362 g/mol. The summed E-state index contributed by atoms with van der Waals surface area (Å²) < 4.78 is 3.61. The Morgan fingerprint density at radius 1 is 1.03 bits per heavy atom. The van der Waals surface area contributed by atoms with Gasteiger partial charge in [-0.25, -0.2) is 4.68 Å². The summed E-state index contributed by atoms with van der Waals surface area (Å²) in [7, 11) is 0. The molecule has 1 amide bonds. The number of carbonyl (C=O) groups excluding carboxylic acids is 1. The minimum Gasteiger partial charge on any atom is -0.344 e. The van der Waals surface area contributed by atoms with Crippen molar-refractivity contribution in [1.29, 1.82) is 0 Å². The van der Waals surface area contributed by atoms with E-state index in [2.05, 4.69) is 60.6 Å². The van der Waals surface area contributed by atoms with Gasteiger partial charge in [0.25, 0.3) is 5.91 Å². The first kappa shape index (κ1) is 20.8. The van der Waals surface area contributed by atoms with Crippen LogP contribution in [0, 0.1) is 13.8 Å². The second-order valence-electron chi connectivity index (χ2n) is 7.72. The molecule has 2 atom stereocenters. The van der Waals surface area contributed by atoms with E-state index in [1.165, 1.54) is 5.56 Å². The lowest BCUT2D eigenvalue weighted by molar-refractivity contribution is 0.0929. The number of rotatable bonds is 8. The molecule has 6 heteroatoms. The standard InChI is InChI=1S/C23H31N5O/c1-6-16(3)19-8-10-20(11-9-19)21(7-2)24-23(29)22-12-13-27(26-22)15-28-18(5)14-17(4)25-28/h8-14,16,21H,6-7,15H2,1-5H3,(H,24,29). The summed E-state index contributed by atoms with van der Waals surface area (Å²) >= 11 is 0. The van der Waals surface area contributed by atoms with Gasteiger partial charge in [0, 0.05) is 11.9 Å². The Labute approximate surface area is 172 Å². The summed E-state index contributed by atoms with van der Waals surface area (Å²) in [5.41, 5.74) is 4.91. The van der Waals surface area contributed by atoms with Crippen molar-refractivity contribution < 1.29 is 4.79 Å². The molecule has 1 N–H and O–H groups in total. The molecule has 0 spiro atoms. The molecule has 0 saturated heterocycles. The molecule has 2 aromatic heterocycles. The number of benzene rings is 1. The molecule has 0 saturated carbocycles. The second-order valence-corrected chi connectivity index (χ2v) is 7.72.